The Kier molecular flexibility index (Phi) is 6.24. The van der Waals surface area contributed by atoms with Crippen molar-refractivity contribution in [3.05, 3.63) is 99.1 Å². The highest BCUT2D eigenvalue weighted by Gasteiger charge is 2.23. The van der Waals surface area contributed by atoms with E-state index in [0.29, 0.717) is 5.56 Å². The van der Waals surface area contributed by atoms with Gasteiger partial charge in [-0.2, -0.15) is 0 Å². The van der Waals surface area contributed by atoms with E-state index in [-0.39, 0.29) is 11.8 Å². The van der Waals surface area contributed by atoms with Gasteiger partial charge in [0.1, 0.15) is 6.04 Å². The standard InChI is InChI=1S/C22H19IN2O2/c1-15-14-18(23)12-13-19(15)24-22(27)20(16-8-4-2-5-9-16)25-21(26)17-10-6-3-7-11-17/h2-14,20H,1H3,(H,24,27)(H,25,26). The fourth-order valence-corrected chi connectivity index (χ4v) is 3.37. The van der Waals surface area contributed by atoms with Crippen LogP contribution in [0.1, 0.15) is 27.5 Å². The van der Waals surface area contributed by atoms with Crippen LogP contribution in [-0.2, 0) is 4.79 Å². The zero-order chi connectivity index (χ0) is 19.2. The predicted molar refractivity (Wildman–Crippen MR) is 116 cm³/mol. The topological polar surface area (TPSA) is 58.2 Å². The number of halogens is 1. The summed E-state index contributed by atoms with van der Waals surface area (Å²) in [4.78, 5) is 25.6. The van der Waals surface area contributed by atoms with Gasteiger partial charge in [0.25, 0.3) is 11.8 Å². The van der Waals surface area contributed by atoms with Gasteiger partial charge >= 0.3 is 0 Å². The lowest BCUT2D eigenvalue weighted by Gasteiger charge is -2.20. The van der Waals surface area contributed by atoms with Gasteiger partial charge < -0.3 is 10.6 Å². The zero-order valence-corrected chi connectivity index (χ0v) is 16.9. The second kappa shape index (κ2) is 8.81. The van der Waals surface area contributed by atoms with Crippen LogP contribution in [0.15, 0.2) is 78.9 Å². The minimum Gasteiger partial charge on any atom is -0.336 e. The molecule has 1 unspecified atom stereocenters. The van der Waals surface area contributed by atoms with Crippen molar-refractivity contribution in [2.75, 3.05) is 5.32 Å². The molecule has 136 valence electrons. The Morgan fingerprint density at radius 1 is 0.889 bits per heavy atom. The van der Waals surface area contributed by atoms with Crippen LogP contribution in [-0.4, -0.2) is 11.8 Å². The molecule has 0 radical (unpaired) electrons. The molecule has 0 aliphatic heterocycles. The third-order valence-corrected chi connectivity index (χ3v) is 4.82. The number of aryl methyl sites for hydroxylation is 1. The number of carbonyl (C=O) groups excluding carboxylic acids is 2. The molecule has 4 nitrogen and oxygen atoms in total. The lowest BCUT2D eigenvalue weighted by molar-refractivity contribution is -0.118. The van der Waals surface area contributed by atoms with Gasteiger partial charge in [-0.1, -0.05) is 48.5 Å². The van der Waals surface area contributed by atoms with Crippen molar-refractivity contribution in [3.8, 4) is 0 Å². The summed E-state index contributed by atoms with van der Waals surface area (Å²) >= 11 is 2.23. The van der Waals surface area contributed by atoms with E-state index in [0.717, 1.165) is 20.4 Å². The van der Waals surface area contributed by atoms with E-state index in [2.05, 4.69) is 33.2 Å². The SMILES string of the molecule is Cc1cc(I)ccc1NC(=O)C(NC(=O)c1ccccc1)c1ccccc1. The maximum absolute atomic E-state index is 13.0. The van der Waals surface area contributed by atoms with E-state index in [1.165, 1.54) is 0 Å². The summed E-state index contributed by atoms with van der Waals surface area (Å²) in [7, 11) is 0. The molecule has 0 heterocycles. The van der Waals surface area contributed by atoms with Crippen LogP contribution < -0.4 is 10.6 Å². The fraction of sp³-hybridized carbons (Fsp3) is 0.0909. The van der Waals surface area contributed by atoms with E-state index < -0.39 is 6.04 Å². The summed E-state index contributed by atoms with van der Waals surface area (Å²) in [5, 5.41) is 5.78. The van der Waals surface area contributed by atoms with Gasteiger partial charge in [-0.3, -0.25) is 9.59 Å². The second-order valence-electron chi connectivity index (χ2n) is 6.13. The number of hydrogen-bond donors (Lipinski definition) is 2. The molecule has 2 N–H and O–H groups in total. The molecule has 0 aromatic heterocycles. The highest BCUT2D eigenvalue weighted by atomic mass is 127. The van der Waals surface area contributed by atoms with Gasteiger partial charge in [0.15, 0.2) is 0 Å². The third kappa shape index (κ3) is 4.95. The van der Waals surface area contributed by atoms with Crippen molar-refractivity contribution >= 4 is 40.1 Å². The summed E-state index contributed by atoms with van der Waals surface area (Å²) in [5.74, 6) is -0.575. The van der Waals surface area contributed by atoms with Gasteiger partial charge in [0.2, 0.25) is 0 Å². The van der Waals surface area contributed by atoms with E-state index in [1.807, 2.05) is 61.5 Å². The van der Waals surface area contributed by atoms with Crippen molar-refractivity contribution in [1.82, 2.24) is 5.32 Å². The number of nitrogens with one attached hydrogen (secondary N) is 2. The average Bonchev–Trinajstić information content (AvgIpc) is 2.69. The van der Waals surface area contributed by atoms with Crippen LogP contribution in [0.3, 0.4) is 0 Å². The van der Waals surface area contributed by atoms with E-state index >= 15 is 0 Å². The van der Waals surface area contributed by atoms with E-state index in [1.54, 1.807) is 24.3 Å². The first-order valence-electron chi connectivity index (χ1n) is 8.52. The largest absolute Gasteiger partial charge is 0.336 e. The Morgan fingerprint density at radius 2 is 1.52 bits per heavy atom. The fourth-order valence-electron chi connectivity index (χ4n) is 2.72. The minimum atomic E-state index is -0.794. The number of benzene rings is 3. The Balaban J connectivity index is 1.85. The second-order valence-corrected chi connectivity index (χ2v) is 7.38. The molecule has 1 atom stereocenters. The molecule has 0 saturated heterocycles. The lowest BCUT2D eigenvalue weighted by atomic mass is 10.0. The summed E-state index contributed by atoms with van der Waals surface area (Å²) in [6.45, 7) is 1.94. The molecule has 0 bridgehead atoms. The number of rotatable bonds is 5. The molecule has 0 aliphatic rings. The normalized spacial score (nSPS) is 11.5. The average molecular weight is 470 g/mol. The lowest BCUT2D eigenvalue weighted by Crippen LogP contribution is -2.37. The van der Waals surface area contributed by atoms with Crippen molar-refractivity contribution in [1.29, 1.82) is 0 Å². The molecule has 2 amide bonds. The maximum atomic E-state index is 13.0. The minimum absolute atomic E-state index is 0.283. The summed E-state index contributed by atoms with van der Waals surface area (Å²) in [5.41, 5.74) is 2.94. The molecule has 3 aromatic carbocycles. The summed E-state index contributed by atoms with van der Waals surface area (Å²) in [6.07, 6.45) is 0. The predicted octanol–water partition coefficient (Wildman–Crippen LogP) is 4.71. The van der Waals surface area contributed by atoms with E-state index in [4.69, 9.17) is 0 Å². The summed E-state index contributed by atoms with van der Waals surface area (Å²) < 4.78 is 1.10. The first-order valence-corrected chi connectivity index (χ1v) is 9.60. The van der Waals surface area contributed by atoms with Crippen molar-refractivity contribution in [2.45, 2.75) is 13.0 Å². The van der Waals surface area contributed by atoms with Crippen molar-refractivity contribution in [2.24, 2.45) is 0 Å². The molecule has 3 aromatic rings. The molecular weight excluding hydrogens is 451 g/mol. The van der Waals surface area contributed by atoms with Gasteiger partial charge in [-0.25, -0.2) is 0 Å². The van der Waals surface area contributed by atoms with Crippen molar-refractivity contribution in [3.63, 3.8) is 0 Å². The van der Waals surface area contributed by atoms with Crippen LogP contribution in [0.2, 0.25) is 0 Å². The molecule has 0 fully saturated rings. The Hall–Kier alpha value is -2.67. The third-order valence-electron chi connectivity index (χ3n) is 4.15. The van der Waals surface area contributed by atoms with Crippen LogP contribution in [0.25, 0.3) is 0 Å². The van der Waals surface area contributed by atoms with Gasteiger partial charge in [0, 0.05) is 14.8 Å². The molecule has 0 aliphatic carbocycles. The summed E-state index contributed by atoms with van der Waals surface area (Å²) in [6, 6.07) is 23.1. The zero-order valence-electron chi connectivity index (χ0n) is 14.8. The number of anilines is 1. The van der Waals surface area contributed by atoms with Gasteiger partial charge in [0.05, 0.1) is 0 Å². The maximum Gasteiger partial charge on any atom is 0.252 e. The number of amides is 2. The van der Waals surface area contributed by atoms with Crippen LogP contribution in [0.5, 0.6) is 0 Å². The molecule has 27 heavy (non-hydrogen) atoms. The van der Waals surface area contributed by atoms with Crippen LogP contribution in [0, 0.1) is 10.5 Å². The first kappa shape index (κ1) is 19.1. The molecular formula is C22H19IN2O2. The molecule has 3 rings (SSSR count). The highest BCUT2D eigenvalue weighted by molar-refractivity contribution is 14.1. The molecule has 0 spiro atoms. The molecule has 5 heteroatoms. The highest BCUT2D eigenvalue weighted by Crippen LogP contribution is 2.21. The number of hydrogen-bond acceptors (Lipinski definition) is 2. The Morgan fingerprint density at radius 3 is 2.15 bits per heavy atom. The molecule has 0 saturated carbocycles. The van der Waals surface area contributed by atoms with Gasteiger partial charge in [-0.05, 0) is 71.0 Å². The van der Waals surface area contributed by atoms with Crippen LogP contribution >= 0.6 is 22.6 Å². The quantitative estimate of drug-likeness (QED) is 0.531. The van der Waals surface area contributed by atoms with Crippen molar-refractivity contribution < 1.29 is 9.59 Å². The van der Waals surface area contributed by atoms with Crippen LogP contribution in [0.4, 0.5) is 5.69 Å². The van der Waals surface area contributed by atoms with Gasteiger partial charge in [-0.15, -0.1) is 0 Å². The number of carbonyl (C=O) groups is 2. The smallest absolute Gasteiger partial charge is 0.252 e. The Labute approximate surface area is 172 Å². The monoisotopic (exact) mass is 470 g/mol. The van der Waals surface area contributed by atoms with E-state index in [9.17, 15) is 9.59 Å². The Bertz CT molecular complexity index is 943. The first-order chi connectivity index (χ1) is 13.0.